The molecule has 1 atom stereocenters. The fraction of sp³-hybridized carbons (Fsp3) is 0.250. The smallest absolute Gasteiger partial charge is 0.230 e. The minimum absolute atomic E-state index is 0.0118. The van der Waals surface area contributed by atoms with Gasteiger partial charge in [-0.15, -0.1) is 0 Å². The van der Waals surface area contributed by atoms with E-state index < -0.39 is 0 Å². The van der Waals surface area contributed by atoms with Crippen molar-refractivity contribution in [1.82, 2.24) is 14.9 Å². The number of hydrogen-bond donors (Lipinski definition) is 2. The number of rotatable bonds is 5. The monoisotopic (exact) mass is 380 g/mol. The van der Waals surface area contributed by atoms with Crippen LogP contribution in [0.25, 0.3) is 11.0 Å². The average molecular weight is 380 g/mol. The Morgan fingerprint density at radius 2 is 2.15 bits per heavy atom. The van der Waals surface area contributed by atoms with Gasteiger partial charge >= 0.3 is 0 Å². The van der Waals surface area contributed by atoms with E-state index in [2.05, 4.69) is 15.6 Å². The summed E-state index contributed by atoms with van der Waals surface area (Å²) in [5.74, 6) is 0.263. The van der Waals surface area contributed by atoms with Crippen LogP contribution in [0, 0.1) is 0 Å². The van der Waals surface area contributed by atoms with Crippen LogP contribution in [0.15, 0.2) is 47.6 Å². The second kappa shape index (κ2) is 7.08. The molecule has 0 unspecified atom stereocenters. The molecule has 1 aromatic heterocycles. The van der Waals surface area contributed by atoms with Gasteiger partial charge < -0.3 is 15.2 Å². The molecule has 0 fully saturated rings. The summed E-state index contributed by atoms with van der Waals surface area (Å²) in [6.45, 7) is 1.95. The molecule has 0 saturated heterocycles. The molecule has 7 heteroatoms. The summed E-state index contributed by atoms with van der Waals surface area (Å²) in [6, 6.07) is 13.6. The normalized spacial score (nSPS) is 14.1. The van der Waals surface area contributed by atoms with E-state index in [1.165, 1.54) is 11.8 Å². The first-order valence-corrected chi connectivity index (χ1v) is 9.76. The van der Waals surface area contributed by atoms with Crippen molar-refractivity contribution >= 4 is 40.3 Å². The molecule has 2 amide bonds. The Morgan fingerprint density at radius 1 is 1.33 bits per heavy atom. The second-order valence-electron chi connectivity index (χ2n) is 6.66. The summed E-state index contributed by atoms with van der Waals surface area (Å²) in [5.41, 5.74) is 4.81. The highest BCUT2D eigenvalue weighted by Crippen LogP contribution is 2.27. The van der Waals surface area contributed by atoms with Crippen LogP contribution in [-0.4, -0.2) is 27.1 Å². The van der Waals surface area contributed by atoms with Crippen LogP contribution < -0.4 is 10.6 Å². The van der Waals surface area contributed by atoms with Crippen molar-refractivity contribution in [2.45, 2.75) is 24.5 Å². The summed E-state index contributed by atoms with van der Waals surface area (Å²) < 4.78 is 2.00. The van der Waals surface area contributed by atoms with Crippen LogP contribution in [0.2, 0.25) is 0 Å². The quantitative estimate of drug-likeness (QED) is 0.667. The zero-order valence-corrected chi connectivity index (χ0v) is 16.0. The van der Waals surface area contributed by atoms with Crippen LogP contribution in [0.3, 0.4) is 0 Å². The van der Waals surface area contributed by atoms with Crippen LogP contribution in [0.5, 0.6) is 0 Å². The lowest BCUT2D eigenvalue weighted by atomic mass is 10.0. The van der Waals surface area contributed by atoms with Crippen LogP contribution in [0.4, 0.5) is 5.69 Å². The van der Waals surface area contributed by atoms with E-state index in [0.29, 0.717) is 12.2 Å². The van der Waals surface area contributed by atoms with E-state index in [0.717, 1.165) is 33.0 Å². The van der Waals surface area contributed by atoms with Gasteiger partial charge in [-0.25, -0.2) is 4.98 Å². The zero-order chi connectivity index (χ0) is 19.0. The number of para-hydroxylation sites is 2. The second-order valence-corrected chi connectivity index (χ2v) is 7.60. The third-order valence-electron chi connectivity index (χ3n) is 4.71. The molecular weight excluding hydrogens is 360 g/mol. The van der Waals surface area contributed by atoms with Gasteiger partial charge in [-0.05, 0) is 36.2 Å². The van der Waals surface area contributed by atoms with E-state index in [1.807, 2.05) is 61.0 Å². The Labute approximate surface area is 161 Å². The lowest BCUT2D eigenvalue weighted by Crippen LogP contribution is -2.28. The number of nitrogens with one attached hydrogen (secondary N) is 2. The van der Waals surface area contributed by atoms with E-state index in [4.69, 9.17) is 0 Å². The van der Waals surface area contributed by atoms with Crippen molar-refractivity contribution in [3.63, 3.8) is 0 Å². The Morgan fingerprint density at radius 3 is 2.96 bits per heavy atom. The van der Waals surface area contributed by atoms with Gasteiger partial charge in [0.15, 0.2) is 5.16 Å². The van der Waals surface area contributed by atoms with Crippen LogP contribution in [0.1, 0.15) is 24.1 Å². The number of amides is 2. The summed E-state index contributed by atoms with van der Waals surface area (Å²) in [6.07, 6.45) is 0.395. The number of nitrogens with zero attached hydrogens (tertiary/aromatic N) is 2. The van der Waals surface area contributed by atoms with Crippen molar-refractivity contribution in [2.75, 3.05) is 11.1 Å². The highest BCUT2D eigenvalue weighted by molar-refractivity contribution is 7.99. The maximum Gasteiger partial charge on any atom is 0.230 e. The van der Waals surface area contributed by atoms with E-state index in [9.17, 15) is 9.59 Å². The molecule has 2 N–H and O–H groups in total. The number of anilines is 1. The maximum absolute atomic E-state index is 12.4. The molecule has 0 spiro atoms. The fourth-order valence-corrected chi connectivity index (χ4v) is 4.07. The maximum atomic E-state index is 12.4. The predicted octanol–water partition coefficient (Wildman–Crippen LogP) is 3.04. The van der Waals surface area contributed by atoms with Gasteiger partial charge in [-0.1, -0.05) is 36.0 Å². The Kier molecular flexibility index (Phi) is 4.61. The highest BCUT2D eigenvalue weighted by Gasteiger charge is 2.19. The summed E-state index contributed by atoms with van der Waals surface area (Å²) in [4.78, 5) is 28.4. The van der Waals surface area contributed by atoms with Gasteiger partial charge in [0.1, 0.15) is 0 Å². The number of carbonyl (C=O) groups excluding carboxylic acids is 2. The predicted molar refractivity (Wildman–Crippen MR) is 107 cm³/mol. The molecular formula is C20H20N4O2S. The number of benzene rings is 2. The number of aromatic nitrogens is 2. The van der Waals surface area contributed by atoms with Crippen molar-refractivity contribution in [1.29, 1.82) is 0 Å². The summed E-state index contributed by atoms with van der Waals surface area (Å²) >= 11 is 1.42. The minimum Gasteiger partial charge on any atom is -0.349 e. The summed E-state index contributed by atoms with van der Waals surface area (Å²) in [5, 5.41) is 6.66. The number of carbonyl (C=O) groups is 2. The van der Waals surface area contributed by atoms with E-state index in [-0.39, 0.29) is 17.9 Å². The number of fused-ring (bicyclic) bond motifs is 2. The molecule has 0 saturated carbocycles. The van der Waals surface area contributed by atoms with E-state index >= 15 is 0 Å². The number of aryl methyl sites for hydroxylation is 1. The first kappa shape index (κ1) is 17.6. The average Bonchev–Trinajstić information content (AvgIpc) is 3.18. The van der Waals surface area contributed by atoms with Gasteiger partial charge in [0.05, 0.1) is 29.2 Å². The number of imidazole rings is 1. The zero-order valence-electron chi connectivity index (χ0n) is 15.2. The molecule has 138 valence electrons. The largest absolute Gasteiger partial charge is 0.349 e. The Balaban J connectivity index is 1.38. The minimum atomic E-state index is -0.125. The summed E-state index contributed by atoms with van der Waals surface area (Å²) in [7, 11) is 1.96. The van der Waals surface area contributed by atoms with Crippen molar-refractivity contribution in [3.05, 3.63) is 53.6 Å². The number of hydrogen-bond acceptors (Lipinski definition) is 4. The number of thioether (sulfide) groups is 1. The molecule has 27 heavy (non-hydrogen) atoms. The SMILES string of the molecule is C[C@@H](NC(=O)CSc1nc2ccccc2n1C)c1ccc2c(c1)CC(=O)N2. The molecule has 2 aromatic carbocycles. The third-order valence-corrected chi connectivity index (χ3v) is 5.74. The van der Waals surface area contributed by atoms with Crippen molar-refractivity contribution < 1.29 is 9.59 Å². The molecule has 0 aliphatic carbocycles. The van der Waals surface area contributed by atoms with Gasteiger partial charge in [0.25, 0.3) is 0 Å². The molecule has 4 rings (SSSR count). The fourth-order valence-electron chi connectivity index (χ4n) is 3.27. The highest BCUT2D eigenvalue weighted by atomic mass is 32.2. The molecule has 0 bridgehead atoms. The Hall–Kier alpha value is -2.80. The first-order chi connectivity index (χ1) is 13.0. The van der Waals surface area contributed by atoms with Crippen molar-refractivity contribution in [2.24, 2.45) is 7.05 Å². The molecule has 0 radical (unpaired) electrons. The van der Waals surface area contributed by atoms with Crippen molar-refractivity contribution in [3.8, 4) is 0 Å². The molecule has 6 nitrogen and oxygen atoms in total. The Bertz CT molecular complexity index is 1040. The first-order valence-electron chi connectivity index (χ1n) is 8.77. The van der Waals surface area contributed by atoms with Gasteiger partial charge in [0.2, 0.25) is 11.8 Å². The van der Waals surface area contributed by atoms with Gasteiger partial charge in [-0.2, -0.15) is 0 Å². The molecule has 1 aliphatic heterocycles. The molecule has 2 heterocycles. The standard InChI is InChI=1S/C20H20N4O2S/c1-12(13-7-8-15-14(9-13)10-18(25)22-15)21-19(26)11-27-20-23-16-5-3-4-6-17(16)24(20)2/h3-9,12H,10-11H2,1-2H3,(H,21,26)(H,22,25)/t12-/m1/s1. The van der Waals surface area contributed by atoms with Crippen LogP contribution >= 0.6 is 11.8 Å². The molecule has 1 aliphatic rings. The van der Waals surface area contributed by atoms with E-state index in [1.54, 1.807) is 0 Å². The van der Waals surface area contributed by atoms with Gasteiger partial charge in [-0.3, -0.25) is 9.59 Å². The topological polar surface area (TPSA) is 76.0 Å². The lowest BCUT2D eigenvalue weighted by molar-refractivity contribution is -0.119. The van der Waals surface area contributed by atoms with Gasteiger partial charge in [0, 0.05) is 12.7 Å². The van der Waals surface area contributed by atoms with Crippen LogP contribution in [-0.2, 0) is 23.1 Å². The molecule has 3 aromatic rings. The third kappa shape index (κ3) is 3.55. The lowest BCUT2D eigenvalue weighted by Gasteiger charge is -2.15.